The van der Waals surface area contributed by atoms with Crippen LogP contribution in [0.25, 0.3) is 99.5 Å². The molecule has 10 rings (SSSR count). The van der Waals surface area contributed by atoms with Crippen LogP contribution in [0.4, 0.5) is 0 Å². The fraction of sp³-hybridized carbons (Fsp3) is 0. The second-order valence-electron chi connectivity index (χ2n) is 12.4. The topological polar surface area (TPSA) is 51.8 Å². The van der Waals surface area contributed by atoms with E-state index in [1.165, 1.54) is 27.1 Å². The lowest BCUT2D eigenvalue weighted by Gasteiger charge is -2.12. The second kappa shape index (κ2) is 11.0. The summed E-state index contributed by atoms with van der Waals surface area (Å²) < 4.78 is 6.45. The van der Waals surface area contributed by atoms with E-state index in [-0.39, 0.29) is 0 Å². The summed E-state index contributed by atoms with van der Waals surface area (Å²) in [4.78, 5) is 15.5. The highest BCUT2D eigenvalue weighted by molar-refractivity contribution is 6.14. The molecule has 0 aliphatic rings. The smallest absolute Gasteiger partial charge is 0.167 e. The maximum atomic E-state index is 6.45. The quantitative estimate of drug-likeness (QED) is 0.183. The summed E-state index contributed by atoms with van der Waals surface area (Å²) in [5.74, 6) is 1.80. The molecule has 0 radical (unpaired) electrons. The summed E-state index contributed by atoms with van der Waals surface area (Å²) in [6, 6.07) is 57.0. The zero-order valence-corrected chi connectivity index (χ0v) is 26.3. The first-order chi connectivity index (χ1) is 24.3. The number of benzene rings is 8. The van der Waals surface area contributed by atoms with E-state index in [2.05, 4.69) is 133 Å². The molecular weight excluding hydrogens is 599 g/mol. The van der Waals surface area contributed by atoms with Gasteiger partial charge in [-0.25, -0.2) is 15.0 Å². The Morgan fingerprint density at radius 3 is 1.80 bits per heavy atom. The Hall–Kier alpha value is -6.65. The van der Waals surface area contributed by atoms with Crippen LogP contribution in [0.15, 0.2) is 168 Å². The van der Waals surface area contributed by atoms with Crippen molar-refractivity contribution in [1.29, 1.82) is 0 Å². The molecule has 0 spiro atoms. The molecule has 2 aromatic heterocycles. The van der Waals surface area contributed by atoms with E-state index in [1.54, 1.807) is 0 Å². The predicted molar refractivity (Wildman–Crippen MR) is 201 cm³/mol. The number of aromatic nitrogens is 3. The average Bonchev–Trinajstić information content (AvgIpc) is 3.56. The Balaban J connectivity index is 1.19. The third-order valence-corrected chi connectivity index (χ3v) is 9.52. The number of hydrogen-bond acceptors (Lipinski definition) is 4. The van der Waals surface area contributed by atoms with Gasteiger partial charge in [-0.1, -0.05) is 146 Å². The molecule has 0 fully saturated rings. The largest absolute Gasteiger partial charge is 0.455 e. The number of rotatable bonds is 4. The lowest BCUT2D eigenvalue weighted by Crippen LogP contribution is -2.01. The van der Waals surface area contributed by atoms with Gasteiger partial charge in [0.2, 0.25) is 0 Å². The Kier molecular flexibility index (Phi) is 6.15. The molecule has 0 saturated heterocycles. The number of para-hydroxylation sites is 2. The zero-order chi connectivity index (χ0) is 32.3. The molecular formula is C45H27N3O. The van der Waals surface area contributed by atoms with Crippen molar-refractivity contribution in [2.24, 2.45) is 0 Å². The number of furan rings is 1. The molecule has 4 nitrogen and oxygen atoms in total. The molecule has 0 unspecified atom stereocenters. The molecule has 0 atom stereocenters. The number of hydrogen-bond donors (Lipinski definition) is 0. The van der Waals surface area contributed by atoms with E-state index < -0.39 is 0 Å². The van der Waals surface area contributed by atoms with Crippen molar-refractivity contribution in [1.82, 2.24) is 15.0 Å². The van der Waals surface area contributed by atoms with Crippen molar-refractivity contribution in [2.45, 2.75) is 0 Å². The summed E-state index contributed by atoms with van der Waals surface area (Å²) in [7, 11) is 0. The molecule has 49 heavy (non-hydrogen) atoms. The van der Waals surface area contributed by atoms with Crippen LogP contribution in [0.2, 0.25) is 0 Å². The van der Waals surface area contributed by atoms with Crippen LogP contribution in [0.5, 0.6) is 0 Å². The minimum Gasteiger partial charge on any atom is -0.455 e. The molecule has 0 N–H and O–H groups in total. The van der Waals surface area contributed by atoms with Crippen molar-refractivity contribution in [3.8, 4) is 45.3 Å². The standard InChI is InChI=1S/C45H27N3O/c1-2-11-33-27-34(26-21-28(33)9-1)29-19-24-32(25-20-29)43-46-44(38-16-7-12-31-23-22-30-10-3-4-13-35(30)41(31)38)48-45(47-43)39-17-8-15-37-36-14-5-6-18-40(36)49-42(37)39/h1-27H. The molecule has 0 saturated carbocycles. The Bertz CT molecular complexity index is 2890. The molecule has 0 aliphatic heterocycles. The highest BCUT2D eigenvalue weighted by Gasteiger charge is 2.19. The van der Waals surface area contributed by atoms with Crippen LogP contribution >= 0.6 is 0 Å². The molecule has 10 aromatic rings. The fourth-order valence-corrected chi connectivity index (χ4v) is 7.10. The van der Waals surface area contributed by atoms with Gasteiger partial charge in [0.15, 0.2) is 17.5 Å². The van der Waals surface area contributed by atoms with Crippen LogP contribution < -0.4 is 0 Å². The van der Waals surface area contributed by atoms with Crippen LogP contribution in [-0.2, 0) is 0 Å². The highest BCUT2D eigenvalue weighted by Crippen LogP contribution is 2.38. The van der Waals surface area contributed by atoms with Crippen LogP contribution in [0.3, 0.4) is 0 Å². The Morgan fingerprint density at radius 1 is 0.347 bits per heavy atom. The van der Waals surface area contributed by atoms with Crippen molar-refractivity contribution in [2.75, 3.05) is 0 Å². The maximum Gasteiger partial charge on any atom is 0.167 e. The van der Waals surface area contributed by atoms with Gasteiger partial charge in [-0.15, -0.1) is 0 Å². The van der Waals surface area contributed by atoms with E-state index in [0.29, 0.717) is 17.5 Å². The molecule has 0 bridgehead atoms. The van der Waals surface area contributed by atoms with Gasteiger partial charge in [-0.3, -0.25) is 0 Å². The molecule has 8 aromatic carbocycles. The van der Waals surface area contributed by atoms with Crippen molar-refractivity contribution >= 4 is 54.3 Å². The van der Waals surface area contributed by atoms with Gasteiger partial charge in [0.1, 0.15) is 11.2 Å². The number of fused-ring (bicyclic) bond motifs is 7. The van der Waals surface area contributed by atoms with E-state index in [9.17, 15) is 0 Å². The molecule has 2 heterocycles. The van der Waals surface area contributed by atoms with Gasteiger partial charge in [-0.2, -0.15) is 0 Å². The fourth-order valence-electron chi connectivity index (χ4n) is 7.10. The Morgan fingerprint density at radius 2 is 0.918 bits per heavy atom. The lowest BCUT2D eigenvalue weighted by molar-refractivity contribution is 0.669. The molecule has 4 heteroatoms. The second-order valence-corrected chi connectivity index (χ2v) is 12.4. The monoisotopic (exact) mass is 625 g/mol. The third kappa shape index (κ3) is 4.57. The van der Waals surface area contributed by atoms with Gasteiger partial charge in [0.05, 0.1) is 5.56 Å². The van der Waals surface area contributed by atoms with Crippen molar-refractivity contribution in [3.05, 3.63) is 164 Å². The summed E-state index contributed by atoms with van der Waals surface area (Å²) in [5, 5.41) is 9.15. The predicted octanol–water partition coefficient (Wildman–Crippen LogP) is 11.9. The van der Waals surface area contributed by atoms with Crippen molar-refractivity contribution in [3.63, 3.8) is 0 Å². The van der Waals surface area contributed by atoms with Gasteiger partial charge >= 0.3 is 0 Å². The van der Waals surface area contributed by atoms with E-state index in [1.807, 2.05) is 30.3 Å². The SMILES string of the molecule is c1ccc2cc(-c3ccc(-c4nc(-c5cccc6c5oc5ccccc56)nc(-c5cccc6ccc7ccccc7c56)n4)cc3)ccc2c1. The normalized spacial score (nSPS) is 11.7. The minimum absolute atomic E-state index is 0.570. The average molecular weight is 626 g/mol. The molecule has 0 amide bonds. The first-order valence-electron chi connectivity index (χ1n) is 16.4. The van der Waals surface area contributed by atoms with E-state index >= 15 is 0 Å². The maximum absolute atomic E-state index is 6.45. The van der Waals surface area contributed by atoms with Crippen LogP contribution in [-0.4, -0.2) is 15.0 Å². The summed E-state index contributed by atoms with van der Waals surface area (Å²) >= 11 is 0. The summed E-state index contributed by atoms with van der Waals surface area (Å²) in [5.41, 5.74) is 6.61. The lowest BCUT2D eigenvalue weighted by atomic mass is 9.97. The van der Waals surface area contributed by atoms with Crippen LogP contribution in [0, 0.1) is 0 Å². The molecule has 228 valence electrons. The van der Waals surface area contributed by atoms with Gasteiger partial charge < -0.3 is 4.42 Å². The summed E-state index contributed by atoms with van der Waals surface area (Å²) in [6.45, 7) is 0. The highest BCUT2D eigenvalue weighted by atomic mass is 16.3. The van der Waals surface area contributed by atoms with Gasteiger partial charge in [0, 0.05) is 27.3 Å². The minimum atomic E-state index is 0.570. The Labute approximate surface area is 282 Å². The third-order valence-electron chi connectivity index (χ3n) is 9.52. The van der Waals surface area contributed by atoms with E-state index in [0.717, 1.165) is 55.0 Å². The first-order valence-corrected chi connectivity index (χ1v) is 16.4. The zero-order valence-electron chi connectivity index (χ0n) is 26.3. The van der Waals surface area contributed by atoms with Crippen molar-refractivity contribution < 1.29 is 4.42 Å². The van der Waals surface area contributed by atoms with Gasteiger partial charge in [0.25, 0.3) is 0 Å². The summed E-state index contributed by atoms with van der Waals surface area (Å²) in [6.07, 6.45) is 0. The van der Waals surface area contributed by atoms with Crippen LogP contribution in [0.1, 0.15) is 0 Å². The first kappa shape index (κ1) is 27.5. The number of nitrogens with zero attached hydrogens (tertiary/aromatic N) is 3. The van der Waals surface area contributed by atoms with E-state index in [4.69, 9.17) is 19.4 Å². The van der Waals surface area contributed by atoms with Gasteiger partial charge in [-0.05, 0) is 56.3 Å². The molecule has 0 aliphatic carbocycles.